The zero-order chi connectivity index (χ0) is 20.9. The van der Waals surface area contributed by atoms with Gasteiger partial charge in [0, 0.05) is 23.1 Å². The predicted octanol–water partition coefficient (Wildman–Crippen LogP) is 3.34. The Bertz CT molecular complexity index is 1090. The first kappa shape index (κ1) is 20.6. The van der Waals surface area contributed by atoms with Crippen LogP contribution < -0.4 is 14.8 Å². The Morgan fingerprint density at radius 3 is 2.41 bits per heavy atom. The lowest BCUT2D eigenvalue weighted by molar-refractivity contribution is -0.122. The molecule has 1 heterocycles. The number of benzene rings is 2. The Labute approximate surface area is 173 Å². The fourth-order valence-corrected chi connectivity index (χ4v) is 3.43. The summed E-state index contributed by atoms with van der Waals surface area (Å²) >= 11 is 5.90. The van der Waals surface area contributed by atoms with Crippen molar-refractivity contribution in [1.29, 1.82) is 0 Å². The van der Waals surface area contributed by atoms with Gasteiger partial charge in [0.1, 0.15) is 5.75 Å². The lowest BCUT2D eigenvalue weighted by atomic mass is 10.3. The van der Waals surface area contributed by atoms with Gasteiger partial charge in [-0.1, -0.05) is 17.7 Å². The molecule has 29 heavy (non-hydrogen) atoms. The van der Waals surface area contributed by atoms with Gasteiger partial charge in [0.25, 0.3) is 15.9 Å². The summed E-state index contributed by atoms with van der Waals surface area (Å²) in [6.45, 7) is 1.60. The Kier molecular flexibility index (Phi) is 6.30. The number of nitrogens with one attached hydrogen (secondary N) is 2. The molecular formula is C19H17ClN4O4S. The molecule has 0 aliphatic carbocycles. The van der Waals surface area contributed by atoms with Crippen LogP contribution in [0.15, 0.2) is 71.9 Å². The van der Waals surface area contributed by atoms with E-state index in [9.17, 15) is 13.2 Å². The molecule has 150 valence electrons. The average Bonchev–Trinajstić information content (AvgIpc) is 2.69. The Morgan fingerprint density at radius 2 is 1.76 bits per heavy atom. The van der Waals surface area contributed by atoms with Gasteiger partial charge in [-0.3, -0.25) is 4.79 Å². The second-order valence-electron chi connectivity index (χ2n) is 5.91. The second kappa shape index (κ2) is 8.89. The van der Waals surface area contributed by atoms with Gasteiger partial charge in [0.15, 0.2) is 6.10 Å². The first-order chi connectivity index (χ1) is 13.8. The summed E-state index contributed by atoms with van der Waals surface area (Å²) in [6.07, 6.45) is 2.07. The van der Waals surface area contributed by atoms with Crippen LogP contribution in [0.25, 0.3) is 0 Å². The summed E-state index contributed by atoms with van der Waals surface area (Å²) in [4.78, 5) is 20.0. The van der Waals surface area contributed by atoms with Gasteiger partial charge in [-0.2, -0.15) is 0 Å². The number of nitrogens with zero attached hydrogens (tertiary/aromatic N) is 2. The van der Waals surface area contributed by atoms with E-state index in [1.807, 2.05) is 0 Å². The Balaban J connectivity index is 1.63. The standard InChI is InChI=1S/C19H17ClN4O4S/c1-13(28-16-5-2-4-14(20)12-16)18(25)23-15-6-8-17(9-7-15)29(26,27)24-19-21-10-3-11-22-19/h2-13H,1H3,(H,23,25)(H,21,22,24)/t13-/m1/s1. The van der Waals surface area contributed by atoms with Crippen molar-refractivity contribution in [3.63, 3.8) is 0 Å². The largest absolute Gasteiger partial charge is 0.481 e. The molecule has 2 N–H and O–H groups in total. The first-order valence-corrected chi connectivity index (χ1v) is 10.3. The van der Waals surface area contributed by atoms with E-state index in [2.05, 4.69) is 20.0 Å². The summed E-state index contributed by atoms with van der Waals surface area (Å²) in [7, 11) is -3.84. The van der Waals surface area contributed by atoms with Gasteiger partial charge < -0.3 is 10.1 Å². The van der Waals surface area contributed by atoms with Crippen LogP contribution in [0.4, 0.5) is 11.6 Å². The SMILES string of the molecule is C[C@@H](Oc1cccc(Cl)c1)C(=O)Nc1ccc(S(=O)(=O)Nc2ncccn2)cc1. The maximum Gasteiger partial charge on any atom is 0.265 e. The zero-order valence-corrected chi connectivity index (χ0v) is 16.8. The monoisotopic (exact) mass is 432 g/mol. The molecule has 0 bridgehead atoms. The van der Waals surface area contributed by atoms with E-state index >= 15 is 0 Å². The molecule has 0 saturated heterocycles. The minimum atomic E-state index is -3.84. The van der Waals surface area contributed by atoms with Crippen molar-refractivity contribution >= 4 is 39.2 Å². The lowest BCUT2D eigenvalue weighted by Gasteiger charge is -2.15. The summed E-state index contributed by atoms with van der Waals surface area (Å²) in [5.41, 5.74) is 0.423. The van der Waals surface area contributed by atoms with Crippen molar-refractivity contribution < 1.29 is 17.9 Å². The third-order valence-corrected chi connectivity index (χ3v) is 5.28. The van der Waals surface area contributed by atoms with Crippen LogP contribution >= 0.6 is 11.6 Å². The fourth-order valence-electron chi connectivity index (χ4n) is 2.29. The maximum absolute atomic E-state index is 12.4. The molecule has 3 aromatic rings. The van der Waals surface area contributed by atoms with E-state index in [0.29, 0.717) is 16.5 Å². The van der Waals surface area contributed by atoms with Crippen molar-refractivity contribution in [3.8, 4) is 5.75 Å². The highest BCUT2D eigenvalue weighted by Crippen LogP contribution is 2.20. The molecule has 1 aromatic heterocycles. The quantitative estimate of drug-likeness (QED) is 0.592. The third kappa shape index (κ3) is 5.66. The van der Waals surface area contributed by atoms with E-state index in [-0.39, 0.29) is 10.8 Å². The molecule has 2 aromatic carbocycles. The molecule has 1 atom stereocenters. The molecule has 0 fully saturated rings. The van der Waals surface area contributed by atoms with Gasteiger partial charge in [-0.25, -0.2) is 23.1 Å². The summed E-state index contributed by atoms with van der Waals surface area (Å²) in [6, 6.07) is 14.0. The Morgan fingerprint density at radius 1 is 1.07 bits per heavy atom. The highest BCUT2D eigenvalue weighted by Gasteiger charge is 2.17. The molecule has 0 spiro atoms. The van der Waals surface area contributed by atoms with Crippen LogP contribution in [-0.2, 0) is 14.8 Å². The number of sulfonamides is 1. The molecule has 0 radical (unpaired) electrons. The van der Waals surface area contributed by atoms with Crippen molar-refractivity contribution in [2.24, 2.45) is 0 Å². The van der Waals surface area contributed by atoms with E-state index in [1.165, 1.54) is 36.7 Å². The smallest absolute Gasteiger partial charge is 0.265 e. The first-order valence-electron chi connectivity index (χ1n) is 8.46. The molecule has 0 unspecified atom stereocenters. The van der Waals surface area contributed by atoms with Crippen molar-refractivity contribution in [2.75, 3.05) is 10.0 Å². The van der Waals surface area contributed by atoms with Crippen LogP contribution in [-0.4, -0.2) is 30.4 Å². The van der Waals surface area contributed by atoms with Crippen molar-refractivity contribution in [2.45, 2.75) is 17.9 Å². The number of hydrogen-bond acceptors (Lipinski definition) is 6. The van der Waals surface area contributed by atoms with Crippen LogP contribution in [0.2, 0.25) is 5.02 Å². The molecule has 0 aliphatic heterocycles. The minimum Gasteiger partial charge on any atom is -0.481 e. The summed E-state index contributed by atoms with van der Waals surface area (Å²) < 4.78 is 32.6. The highest BCUT2D eigenvalue weighted by molar-refractivity contribution is 7.92. The molecule has 1 amide bonds. The average molecular weight is 433 g/mol. The number of hydrogen-bond donors (Lipinski definition) is 2. The Hall–Kier alpha value is -3.17. The molecule has 3 rings (SSSR count). The molecular weight excluding hydrogens is 416 g/mol. The number of aromatic nitrogens is 2. The van der Waals surface area contributed by atoms with Crippen LogP contribution in [0.5, 0.6) is 5.75 Å². The third-order valence-electron chi connectivity index (χ3n) is 3.70. The minimum absolute atomic E-state index is 0.00572. The zero-order valence-electron chi connectivity index (χ0n) is 15.2. The van der Waals surface area contributed by atoms with E-state index in [1.54, 1.807) is 37.3 Å². The summed E-state index contributed by atoms with van der Waals surface area (Å²) in [5.74, 6) is 0.0454. The molecule has 10 heteroatoms. The second-order valence-corrected chi connectivity index (χ2v) is 8.03. The van der Waals surface area contributed by atoms with Gasteiger partial charge in [-0.05, 0) is 55.5 Å². The van der Waals surface area contributed by atoms with Crippen LogP contribution in [0.3, 0.4) is 0 Å². The van der Waals surface area contributed by atoms with Gasteiger partial charge in [0.05, 0.1) is 4.90 Å². The van der Waals surface area contributed by atoms with Crippen molar-refractivity contribution in [1.82, 2.24) is 9.97 Å². The summed E-state index contributed by atoms with van der Waals surface area (Å²) in [5, 5.41) is 3.17. The molecule has 0 aliphatic rings. The normalized spacial score (nSPS) is 12.1. The topological polar surface area (TPSA) is 110 Å². The maximum atomic E-state index is 12.4. The van der Waals surface area contributed by atoms with Gasteiger partial charge in [0.2, 0.25) is 5.95 Å². The number of carbonyl (C=O) groups is 1. The predicted molar refractivity (Wildman–Crippen MR) is 109 cm³/mol. The van der Waals surface area contributed by atoms with Gasteiger partial charge >= 0.3 is 0 Å². The van der Waals surface area contributed by atoms with Crippen molar-refractivity contribution in [3.05, 3.63) is 72.0 Å². The molecule has 0 saturated carbocycles. The fraction of sp³-hybridized carbons (Fsp3) is 0.105. The number of carbonyl (C=O) groups excluding carboxylic acids is 1. The highest BCUT2D eigenvalue weighted by atomic mass is 35.5. The number of amides is 1. The van der Waals surface area contributed by atoms with E-state index < -0.39 is 22.0 Å². The number of anilines is 2. The molecule has 8 nitrogen and oxygen atoms in total. The van der Waals surface area contributed by atoms with Crippen LogP contribution in [0, 0.1) is 0 Å². The van der Waals surface area contributed by atoms with E-state index in [4.69, 9.17) is 16.3 Å². The van der Waals surface area contributed by atoms with Gasteiger partial charge in [-0.15, -0.1) is 0 Å². The van der Waals surface area contributed by atoms with E-state index in [0.717, 1.165) is 0 Å². The number of halogens is 1. The number of ether oxygens (including phenoxy) is 1. The lowest BCUT2D eigenvalue weighted by Crippen LogP contribution is -2.30. The van der Waals surface area contributed by atoms with Crippen LogP contribution in [0.1, 0.15) is 6.92 Å². The number of rotatable bonds is 7.